The number of primary sulfonamides is 1. The molecule has 0 aliphatic rings. The van der Waals surface area contributed by atoms with E-state index in [9.17, 15) is 13.2 Å². The normalized spacial score (nSPS) is 13.3. The molecular formula is C11H19N3O3S. The van der Waals surface area contributed by atoms with Crippen molar-refractivity contribution in [2.75, 3.05) is 0 Å². The van der Waals surface area contributed by atoms with Gasteiger partial charge in [-0.3, -0.25) is 4.79 Å². The smallest absolute Gasteiger partial charge is 0.268 e. The first-order chi connectivity index (χ1) is 8.25. The number of rotatable bonds is 5. The largest absolute Gasteiger partial charge is 0.348 e. The molecule has 7 heteroatoms. The molecule has 0 saturated carbocycles. The lowest BCUT2D eigenvalue weighted by Crippen LogP contribution is -2.33. The molecule has 1 rings (SSSR count). The number of aromatic nitrogens is 1. The third-order valence-electron chi connectivity index (χ3n) is 2.64. The van der Waals surface area contributed by atoms with Gasteiger partial charge in [-0.1, -0.05) is 13.3 Å². The van der Waals surface area contributed by atoms with Crippen LogP contribution in [-0.2, 0) is 17.1 Å². The molecule has 0 spiro atoms. The van der Waals surface area contributed by atoms with E-state index >= 15 is 0 Å². The van der Waals surface area contributed by atoms with Gasteiger partial charge >= 0.3 is 0 Å². The fourth-order valence-electron chi connectivity index (χ4n) is 1.72. The number of aryl methyl sites for hydroxylation is 1. The summed E-state index contributed by atoms with van der Waals surface area (Å²) in [6, 6.07) is 1.33. The molecule has 0 saturated heterocycles. The van der Waals surface area contributed by atoms with E-state index in [1.165, 1.54) is 16.8 Å². The van der Waals surface area contributed by atoms with Crippen molar-refractivity contribution >= 4 is 15.9 Å². The highest BCUT2D eigenvalue weighted by Crippen LogP contribution is 2.12. The molecule has 0 bridgehead atoms. The van der Waals surface area contributed by atoms with Crippen LogP contribution in [0.1, 0.15) is 37.2 Å². The summed E-state index contributed by atoms with van der Waals surface area (Å²) in [6.45, 7) is 3.94. The second-order valence-corrected chi connectivity index (χ2v) is 5.94. The van der Waals surface area contributed by atoms with Gasteiger partial charge in [-0.2, -0.15) is 0 Å². The number of hydrogen-bond donors (Lipinski definition) is 2. The number of carbonyl (C=O) groups is 1. The lowest BCUT2D eigenvalue weighted by Gasteiger charge is -2.12. The number of nitrogens with one attached hydrogen (secondary N) is 1. The van der Waals surface area contributed by atoms with E-state index in [1.807, 2.05) is 13.8 Å². The molecule has 1 unspecified atom stereocenters. The summed E-state index contributed by atoms with van der Waals surface area (Å²) in [7, 11) is -2.17. The molecule has 0 aliphatic carbocycles. The van der Waals surface area contributed by atoms with Gasteiger partial charge in [-0.15, -0.1) is 0 Å². The highest BCUT2D eigenvalue weighted by Gasteiger charge is 2.18. The van der Waals surface area contributed by atoms with Gasteiger partial charge in [0.1, 0.15) is 10.6 Å². The minimum Gasteiger partial charge on any atom is -0.348 e. The van der Waals surface area contributed by atoms with E-state index < -0.39 is 10.0 Å². The summed E-state index contributed by atoms with van der Waals surface area (Å²) in [6.07, 6.45) is 3.17. The maximum absolute atomic E-state index is 11.9. The van der Waals surface area contributed by atoms with Gasteiger partial charge in [-0.25, -0.2) is 13.6 Å². The number of carbonyl (C=O) groups excluding carboxylic acids is 1. The summed E-state index contributed by atoms with van der Waals surface area (Å²) in [4.78, 5) is 11.9. The second kappa shape index (κ2) is 5.53. The molecule has 1 amide bonds. The van der Waals surface area contributed by atoms with E-state index in [4.69, 9.17) is 5.14 Å². The van der Waals surface area contributed by atoms with Crippen molar-refractivity contribution in [2.45, 2.75) is 37.6 Å². The highest BCUT2D eigenvalue weighted by molar-refractivity contribution is 7.89. The first-order valence-corrected chi connectivity index (χ1v) is 7.30. The lowest BCUT2D eigenvalue weighted by molar-refractivity contribution is 0.0930. The van der Waals surface area contributed by atoms with Crippen molar-refractivity contribution in [3.05, 3.63) is 18.0 Å². The Kier molecular flexibility index (Phi) is 4.53. The molecule has 0 aliphatic heterocycles. The van der Waals surface area contributed by atoms with Crippen LogP contribution in [0.5, 0.6) is 0 Å². The molecule has 18 heavy (non-hydrogen) atoms. The third kappa shape index (κ3) is 3.58. The molecule has 6 nitrogen and oxygen atoms in total. The molecule has 0 radical (unpaired) electrons. The first-order valence-electron chi connectivity index (χ1n) is 5.75. The number of amides is 1. The molecule has 1 aromatic rings. The van der Waals surface area contributed by atoms with Crippen LogP contribution in [0.4, 0.5) is 0 Å². The molecule has 1 heterocycles. The minimum atomic E-state index is -3.78. The summed E-state index contributed by atoms with van der Waals surface area (Å²) in [5, 5.41) is 7.82. The fraction of sp³-hybridized carbons (Fsp3) is 0.545. The van der Waals surface area contributed by atoms with Crippen LogP contribution in [0, 0.1) is 0 Å². The van der Waals surface area contributed by atoms with E-state index in [0.29, 0.717) is 0 Å². The quantitative estimate of drug-likeness (QED) is 0.822. The molecule has 0 aromatic carbocycles. The van der Waals surface area contributed by atoms with E-state index in [2.05, 4.69) is 5.32 Å². The van der Waals surface area contributed by atoms with Crippen LogP contribution in [0.2, 0.25) is 0 Å². The Hall–Kier alpha value is -1.34. The standard InChI is InChI=1S/C11H19N3O3S/c1-4-5-8(2)13-11(15)10-6-9(7-14(10)3)18(12,16)17/h6-8H,4-5H2,1-3H3,(H,13,15)(H2,12,16,17). The van der Waals surface area contributed by atoms with Crippen LogP contribution in [0.15, 0.2) is 17.2 Å². The first kappa shape index (κ1) is 14.7. The predicted molar refractivity (Wildman–Crippen MR) is 68.6 cm³/mol. The molecule has 102 valence electrons. The number of sulfonamides is 1. The Bertz CT molecular complexity index is 534. The van der Waals surface area contributed by atoms with Crippen molar-refractivity contribution in [1.29, 1.82) is 0 Å². The Morgan fingerprint density at radius 3 is 2.61 bits per heavy atom. The zero-order valence-corrected chi connectivity index (χ0v) is 11.6. The molecular weight excluding hydrogens is 254 g/mol. The van der Waals surface area contributed by atoms with Gasteiger partial charge in [-0.05, 0) is 19.4 Å². The van der Waals surface area contributed by atoms with Crippen molar-refractivity contribution in [3.63, 3.8) is 0 Å². The van der Waals surface area contributed by atoms with E-state index in [0.717, 1.165) is 12.8 Å². The maximum atomic E-state index is 11.9. The molecule has 3 N–H and O–H groups in total. The van der Waals surface area contributed by atoms with Crippen LogP contribution in [0.25, 0.3) is 0 Å². The van der Waals surface area contributed by atoms with Crippen LogP contribution in [0.3, 0.4) is 0 Å². The van der Waals surface area contributed by atoms with Gasteiger partial charge in [0.25, 0.3) is 5.91 Å². The third-order valence-corrected chi connectivity index (χ3v) is 3.52. The van der Waals surface area contributed by atoms with Gasteiger partial charge in [0.2, 0.25) is 10.0 Å². The molecule has 0 fully saturated rings. The Morgan fingerprint density at radius 1 is 1.56 bits per heavy atom. The Morgan fingerprint density at radius 2 is 2.17 bits per heavy atom. The lowest BCUT2D eigenvalue weighted by atomic mass is 10.2. The second-order valence-electron chi connectivity index (χ2n) is 4.38. The summed E-state index contributed by atoms with van der Waals surface area (Å²) >= 11 is 0. The van der Waals surface area contributed by atoms with Crippen LogP contribution < -0.4 is 10.5 Å². The maximum Gasteiger partial charge on any atom is 0.268 e. The zero-order chi connectivity index (χ0) is 13.9. The number of nitrogens with two attached hydrogens (primary N) is 1. The van der Waals surface area contributed by atoms with Gasteiger partial charge < -0.3 is 9.88 Å². The topological polar surface area (TPSA) is 94.2 Å². The van der Waals surface area contributed by atoms with Crippen molar-refractivity contribution in [1.82, 2.24) is 9.88 Å². The fourth-order valence-corrected chi connectivity index (χ4v) is 2.30. The summed E-state index contributed by atoms with van der Waals surface area (Å²) in [5.41, 5.74) is 0.280. The molecule has 1 atom stereocenters. The van der Waals surface area contributed by atoms with Gasteiger partial charge in [0.05, 0.1) is 0 Å². The SMILES string of the molecule is CCCC(C)NC(=O)c1cc(S(N)(=O)=O)cn1C. The van der Waals surface area contributed by atoms with E-state index in [1.54, 1.807) is 7.05 Å². The van der Waals surface area contributed by atoms with Crippen LogP contribution >= 0.6 is 0 Å². The van der Waals surface area contributed by atoms with E-state index in [-0.39, 0.29) is 22.5 Å². The Balaban J connectivity index is 2.91. The Labute approximate surface area is 107 Å². The van der Waals surface area contributed by atoms with Gasteiger partial charge in [0.15, 0.2) is 0 Å². The van der Waals surface area contributed by atoms with Crippen LogP contribution in [-0.4, -0.2) is 24.9 Å². The zero-order valence-electron chi connectivity index (χ0n) is 10.8. The van der Waals surface area contributed by atoms with Crippen molar-refractivity contribution in [2.24, 2.45) is 12.2 Å². The summed E-state index contributed by atoms with van der Waals surface area (Å²) in [5.74, 6) is -0.298. The summed E-state index contributed by atoms with van der Waals surface area (Å²) < 4.78 is 23.8. The van der Waals surface area contributed by atoms with Gasteiger partial charge in [0, 0.05) is 19.3 Å². The predicted octanol–water partition coefficient (Wildman–Crippen LogP) is 0.591. The highest BCUT2D eigenvalue weighted by atomic mass is 32.2. The number of hydrogen-bond acceptors (Lipinski definition) is 3. The average molecular weight is 273 g/mol. The minimum absolute atomic E-state index is 0.0512. The van der Waals surface area contributed by atoms with Crippen molar-refractivity contribution < 1.29 is 13.2 Å². The average Bonchev–Trinajstić information content (AvgIpc) is 2.60. The molecule has 1 aromatic heterocycles. The number of nitrogens with zero attached hydrogens (tertiary/aromatic N) is 1. The van der Waals surface area contributed by atoms with Crippen molar-refractivity contribution in [3.8, 4) is 0 Å². The monoisotopic (exact) mass is 273 g/mol.